The van der Waals surface area contributed by atoms with Gasteiger partial charge in [-0.1, -0.05) is 101 Å². The van der Waals surface area contributed by atoms with Gasteiger partial charge < -0.3 is 15.5 Å². The van der Waals surface area contributed by atoms with E-state index in [1.54, 1.807) is 25.4 Å². The number of sulfonamides is 1. The fourth-order valence-corrected chi connectivity index (χ4v) is 7.00. The number of carbonyl (C=O) groups is 1. The summed E-state index contributed by atoms with van der Waals surface area (Å²) in [6.07, 6.45) is 19.0. The third kappa shape index (κ3) is 11.9. The number of pyridine rings is 1. The Morgan fingerprint density at radius 1 is 1.14 bits per heavy atom. The van der Waals surface area contributed by atoms with Crippen molar-refractivity contribution in [3.8, 4) is 0 Å². The van der Waals surface area contributed by atoms with E-state index < -0.39 is 21.5 Å². The van der Waals surface area contributed by atoms with Crippen molar-refractivity contribution < 1.29 is 17.9 Å². The molecule has 0 saturated heterocycles. The molecule has 4 rings (SSSR count). The third-order valence-corrected chi connectivity index (χ3v) is 10.3. The number of hydrogen-bond acceptors (Lipinski definition) is 8. The normalized spacial score (nSPS) is 20.9. The maximum Gasteiger partial charge on any atom is 0.245 e. The fourth-order valence-electron chi connectivity index (χ4n) is 5.29. The molecule has 0 saturated carbocycles. The van der Waals surface area contributed by atoms with Crippen LogP contribution in [0.3, 0.4) is 0 Å². The zero-order valence-corrected chi connectivity index (χ0v) is 31.6. The highest BCUT2D eigenvalue weighted by Crippen LogP contribution is 2.39. The van der Waals surface area contributed by atoms with Crippen molar-refractivity contribution >= 4 is 15.8 Å². The molecule has 0 unspecified atom stereocenters. The van der Waals surface area contributed by atoms with E-state index in [1.165, 1.54) is 21.1 Å². The molecule has 9 nitrogen and oxygen atoms in total. The highest BCUT2D eigenvalue weighted by molar-refractivity contribution is 7.89. The summed E-state index contributed by atoms with van der Waals surface area (Å²) in [6.45, 7) is 18.5. The van der Waals surface area contributed by atoms with Gasteiger partial charge in [0.25, 0.3) is 0 Å². The summed E-state index contributed by atoms with van der Waals surface area (Å²) in [4.78, 5) is 17.0. The van der Waals surface area contributed by atoms with Crippen LogP contribution in [0.5, 0.6) is 0 Å². The van der Waals surface area contributed by atoms with Gasteiger partial charge in [-0.3, -0.25) is 9.78 Å². The smallest absolute Gasteiger partial charge is 0.245 e. The van der Waals surface area contributed by atoms with Gasteiger partial charge in [-0.2, -0.15) is 4.31 Å². The first-order chi connectivity index (χ1) is 23.2. The summed E-state index contributed by atoms with van der Waals surface area (Å²) in [5.74, 6) is 5.94. The number of benzene rings is 1. The molecule has 1 aromatic heterocycles. The first-order valence-electron chi connectivity index (χ1n) is 17.0. The Kier molecular flexibility index (Phi) is 16.4. The second-order valence-electron chi connectivity index (χ2n) is 12.8. The van der Waals surface area contributed by atoms with Crippen molar-refractivity contribution in [2.75, 3.05) is 19.7 Å². The monoisotopic (exact) mass is 691 g/mol. The van der Waals surface area contributed by atoms with E-state index in [-0.39, 0.29) is 29.7 Å². The summed E-state index contributed by atoms with van der Waals surface area (Å²) in [6, 6.07) is 7.60. The van der Waals surface area contributed by atoms with E-state index in [4.69, 9.17) is 16.3 Å². The number of nitrogens with two attached hydrogens (primary N) is 2. The van der Waals surface area contributed by atoms with Crippen molar-refractivity contribution in [2.24, 2.45) is 22.9 Å². The van der Waals surface area contributed by atoms with Crippen LogP contribution in [0.4, 0.5) is 0 Å². The molecule has 2 aliphatic rings. The van der Waals surface area contributed by atoms with Gasteiger partial charge in [0.05, 0.1) is 23.8 Å². The molecular formula is C39H57N5O4S. The lowest BCUT2D eigenvalue weighted by atomic mass is 9.78. The number of Topliss-reactive ketones (excluding diaryl/α,β-unsaturated/α-hetero) is 1. The Balaban J connectivity index is 0.000000647. The van der Waals surface area contributed by atoms with Gasteiger partial charge in [0.1, 0.15) is 10.7 Å². The molecule has 1 aromatic carbocycles. The fraction of sp³-hybridized carbons (Fsp3) is 0.436. The second-order valence-corrected chi connectivity index (χ2v) is 14.7. The van der Waals surface area contributed by atoms with Gasteiger partial charge in [-0.25, -0.2) is 14.3 Å². The number of ether oxygens (including phenoxy) is 1. The van der Waals surface area contributed by atoms with Crippen molar-refractivity contribution in [1.29, 1.82) is 0 Å². The average molecular weight is 692 g/mol. The molecule has 49 heavy (non-hydrogen) atoms. The molecule has 2 atom stereocenters. The SMILES string of the molecule is CC.CC1=C/C=C\C=C\C=C\1.CCN(N)/C=C(\N)CO[C@H](c1ccc(C)c(CN2C[C@@H](C)Cc3ccncc3S2(=O)=O)c1)C(C)(C)C(C)=O. The Morgan fingerprint density at radius 2 is 1.82 bits per heavy atom. The van der Waals surface area contributed by atoms with E-state index in [2.05, 4.69) is 31.0 Å². The van der Waals surface area contributed by atoms with Crippen molar-refractivity contribution in [2.45, 2.75) is 86.3 Å². The molecule has 0 fully saturated rings. The number of ketones is 1. The Hall–Kier alpha value is -3.83. The molecule has 0 amide bonds. The molecule has 268 valence electrons. The molecule has 2 aromatic rings. The number of hydrogen-bond donors (Lipinski definition) is 2. The minimum absolute atomic E-state index is 0.0331. The summed E-state index contributed by atoms with van der Waals surface area (Å²) in [5.41, 5.74) is 10.4. The molecule has 1 aliphatic heterocycles. The first kappa shape index (κ1) is 41.3. The molecule has 0 radical (unpaired) electrons. The van der Waals surface area contributed by atoms with Crippen molar-refractivity contribution in [3.05, 3.63) is 119 Å². The number of allylic oxidation sites excluding steroid dienone is 8. The van der Waals surface area contributed by atoms with Gasteiger partial charge in [0.15, 0.2) is 0 Å². The minimum atomic E-state index is -3.73. The summed E-state index contributed by atoms with van der Waals surface area (Å²) >= 11 is 0. The lowest BCUT2D eigenvalue weighted by Gasteiger charge is -2.33. The zero-order valence-electron chi connectivity index (χ0n) is 30.8. The first-order valence-corrected chi connectivity index (χ1v) is 18.4. The third-order valence-electron chi connectivity index (χ3n) is 8.43. The molecule has 0 bridgehead atoms. The van der Waals surface area contributed by atoms with Crippen LogP contribution in [0.1, 0.15) is 83.7 Å². The summed E-state index contributed by atoms with van der Waals surface area (Å²) in [5, 5.41) is 1.46. The maximum atomic E-state index is 13.6. The standard InChI is InChI=1S/C28H41N5O4S.C9H10.C2H6/c1-7-32(30)17-25(29)18-37-27(28(5,6)21(4)34)23-9-8-20(3)24(13-23)16-33-15-19(2)12-22-10-11-31-14-26(22)38(33,35)36;1-9-7-5-3-2-4-6-8-9;1-2/h8-11,13-14,17,19,27H,7,12,15-16,18,29-30H2,1-6H3;2-8H,1H3;1-2H3/b25-17-;3-2+,4-2?,5-3?,6-4-,7-5+,8-6?,9-7?,9-8-;/t19-,27+;;/m0../s1. The lowest BCUT2D eigenvalue weighted by Crippen LogP contribution is -2.34. The molecule has 10 heteroatoms. The number of aromatic nitrogens is 1. The number of carbonyl (C=O) groups excluding carboxylic acids is 1. The molecule has 1 aliphatic carbocycles. The van der Waals surface area contributed by atoms with E-state index in [9.17, 15) is 13.2 Å². The van der Waals surface area contributed by atoms with Crippen LogP contribution in [-0.2, 0) is 32.5 Å². The summed E-state index contributed by atoms with van der Waals surface area (Å²) < 4.78 is 35.0. The highest BCUT2D eigenvalue weighted by Gasteiger charge is 2.37. The minimum Gasteiger partial charge on any atom is -0.399 e. The number of aryl methyl sites for hydroxylation is 1. The van der Waals surface area contributed by atoms with Crippen molar-refractivity contribution in [1.82, 2.24) is 14.3 Å². The van der Waals surface area contributed by atoms with Crippen LogP contribution in [0.2, 0.25) is 0 Å². The quantitative estimate of drug-likeness (QED) is 0.200. The average Bonchev–Trinajstić information content (AvgIpc) is 3.14. The number of fused-ring (bicyclic) bond motifs is 1. The topological polar surface area (TPSA) is 132 Å². The van der Waals surface area contributed by atoms with Gasteiger partial charge in [-0.15, -0.1) is 0 Å². The molecule has 2 heterocycles. The van der Waals surface area contributed by atoms with Crippen molar-refractivity contribution in [3.63, 3.8) is 0 Å². The predicted molar refractivity (Wildman–Crippen MR) is 200 cm³/mol. The number of rotatable bonds is 10. The largest absolute Gasteiger partial charge is 0.399 e. The van der Waals surface area contributed by atoms with Crippen LogP contribution in [0.25, 0.3) is 0 Å². The zero-order chi connectivity index (χ0) is 36.8. The van der Waals surface area contributed by atoms with Gasteiger partial charge in [-0.05, 0) is 68.4 Å². The molecule has 4 N–H and O–H groups in total. The Morgan fingerprint density at radius 3 is 2.49 bits per heavy atom. The Bertz CT molecular complexity index is 1660. The van der Waals surface area contributed by atoms with Gasteiger partial charge >= 0.3 is 0 Å². The number of nitrogens with zero attached hydrogens (tertiary/aromatic N) is 3. The van der Waals surface area contributed by atoms with Crippen LogP contribution in [0, 0.1) is 18.3 Å². The summed E-state index contributed by atoms with van der Waals surface area (Å²) in [7, 11) is -3.73. The van der Waals surface area contributed by atoms with Crippen LogP contribution >= 0.6 is 0 Å². The van der Waals surface area contributed by atoms with E-state index in [0.29, 0.717) is 25.2 Å². The van der Waals surface area contributed by atoms with Crippen LogP contribution in [-0.4, -0.2) is 48.2 Å². The predicted octanol–water partition coefficient (Wildman–Crippen LogP) is 7.08. The van der Waals surface area contributed by atoms with Crippen LogP contribution < -0.4 is 11.6 Å². The second kappa shape index (κ2) is 19.4. The van der Waals surface area contributed by atoms with Crippen LogP contribution in [0.15, 0.2) is 102 Å². The number of hydrazine groups is 1. The van der Waals surface area contributed by atoms with Gasteiger partial charge in [0, 0.05) is 38.2 Å². The highest BCUT2D eigenvalue weighted by atomic mass is 32.2. The Labute approximate surface area is 295 Å². The maximum absolute atomic E-state index is 13.6. The van der Waals surface area contributed by atoms with E-state index >= 15 is 0 Å². The molecular weight excluding hydrogens is 635 g/mol. The van der Waals surface area contributed by atoms with E-state index in [0.717, 1.165) is 22.3 Å². The van der Waals surface area contributed by atoms with Gasteiger partial charge in [0.2, 0.25) is 10.0 Å². The van der Waals surface area contributed by atoms with E-state index in [1.807, 2.05) is 90.1 Å². The molecule has 0 spiro atoms. The lowest BCUT2D eigenvalue weighted by molar-refractivity contribution is -0.134.